The van der Waals surface area contributed by atoms with Crippen LogP contribution in [0.2, 0.25) is 0 Å². The van der Waals surface area contributed by atoms with Crippen molar-refractivity contribution in [1.82, 2.24) is 0 Å². The summed E-state index contributed by atoms with van der Waals surface area (Å²) >= 11 is 0. The Kier molecular flexibility index (Phi) is 5.40. The van der Waals surface area contributed by atoms with Crippen LogP contribution in [0.15, 0.2) is 0 Å². The molecule has 2 N–H and O–H groups in total. The monoisotopic (exact) mass is 204 g/mol. The average molecular weight is 204 g/mol. The second-order valence-electron chi connectivity index (χ2n) is 3.82. The Hall–Kier alpha value is -0.160. The first kappa shape index (κ1) is 11.9. The van der Waals surface area contributed by atoms with Gasteiger partial charge in [0.2, 0.25) is 0 Å². The number of hydrogen-bond acceptors (Lipinski definition) is 4. The minimum absolute atomic E-state index is 0.0456. The maximum atomic E-state index is 9.89. The molecule has 0 aliphatic heterocycles. The molecule has 0 aromatic carbocycles. The van der Waals surface area contributed by atoms with Crippen LogP contribution in [0.5, 0.6) is 0 Å². The number of hydrogen-bond donors (Lipinski definition) is 2. The van der Waals surface area contributed by atoms with Crippen LogP contribution in [0.3, 0.4) is 0 Å². The summed E-state index contributed by atoms with van der Waals surface area (Å²) in [6, 6.07) is 0. The van der Waals surface area contributed by atoms with Gasteiger partial charge in [-0.15, -0.1) is 0 Å². The van der Waals surface area contributed by atoms with Gasteiger partial charge in [-0.05, 0) is 12.8 Å². The lowest BCUT2D eigenvalue weighted by atomic mass is 10.0. The van der Waals surface area contributed by atoms with Crippen LogP contribution >= 0.6 is 0 Å². The van der Waals surface area contributed by atoms with Crippen LogP contribution in [0.4, 0.5) is 0 Å². The van der Waals surface area contributed by atoms with Gasteiger partial charge in [-0.2, -0.15) is 0 Å². The molecule has 0 atom stereocenters. The minimum atomic E-state index is -0.586. The highest BCUT2D eigenvalue weighted by molar-refractivity contribution is 4.83. The van der Waals surface area contributed by atoms with E-state index in [4.69, 9.17) is 14.6 Å². The molecule has 0 unspecified atom stereocenters. The normalized spacial score (nSPS) is 20.1. The van der Waals surface area contributed by atoms with Gasteiger partial charge in [0, 0.05) is 0 Å². The van der Waals surface area contributed by atoms with Crippen molar-refractivity contribution in [2.45, 2.75) is 31.3 Å². The van der Waals surface area contributed by atoms with Gasteiger partial charge in [-0.25, -0.2) is 0 Å². The summed E-state index contributed by atoms with van der Waals surface area (Å²) < 4.78 is 10.3. The fourth-order valence-electron chi connectivity index (χ4n) is 1.72. The van der Waals surface area contributed by atoms with Gasteiger partial charge in [-0.3, -0.25) is 0 Å². The quantitative estimate of drug-likeness (QED) is 0.586. The van der Waals surface area contributed by atoms with Gasteiger partial charge in [0.15, 0.2) is 0 Å². The van der Waals surface area contributed by atoms with Crippen molar-refractivity contribution in [1.29, 1.82) is 0 Å². The predicted molar refractivity (Wildman–Crippen MR) is 52.1 cm³/mol. The molecule has 1 aliphatic carbocycles. The first-order valence-corrected chi connectivity index (χ1v) is 5.26. The van der Waals surface area contributed by atoms with E-state index in [1.807, 2.05) is 0 Å². The number of aliphatic hydroxyl groups is 2. The molecule has 4 heteroatoms. The Morgan fingerprint density at radius 2 is 1.64 bits per heavy atom. The molecule has 0 heterocycles. The lowest BCUT2D eigenvalue weighted by Gasteiger charge is -2.21. The topological polar surface area (TPSA) is 58.9 Å². The highest BCUT2D eigenvalue weighted by Crippen LogP contribution is 2.29. The largest absolute Gasteiger partial charge is 0.394 e. The van der Waals surface area contributed by atoms with Gasteiger partial charge in [0.1, 0.15) is 0 Å². The van der Waals surface area contributed by atoms with E-state index in [0.29, 0.717) is 26.4 Å². The van der Waals surface area contributed by atoms with Crippen molar-refractivity contribution in [2.75, 3.05) is 33.0 Å². The second-order valence-corrected chi connectivity index (χ2v) is 3.82. The van der Waals surface area contributed by atoms with Gasteiger partial charge >= 0.3 is 0 Å². The lowest BCUT2D eigenvalue weighted by Crippen LogP contribution is -2.31. The Bertz CT molecular complexity index is 143. The van der Waals surface area contributed by atoms with Crippen LogP contribution in [-0.4, -0.2) is 48.8 Å². The fraction of sp³-hybridized carbons (Fsp3) is 1.00. The highest BCUT2D eigenvalue weighted by Gasteiger charge is 2.30. The zero-order valence-electron chi connectivity index (χ0n) is 8.57. The molecule has 1 aliphatic rings. The Morgan fingerprint density at radius 1 is 1.00 bits per heavy atom. The van der Waals surface area contributed by atoms with Crippen molar-refractivity contribution in [3.8, 4) is 0 Å². The third kappa shape index (κ3) is 4.37. The van der Waals surface area contributed by atoms with Gasteiger partial charge < -0.3 is 19.7 Å². The molecule has 1 fully saturated rings. The third-order valence-electron chi connectivity index (χ3n) is 2.51. The van der Waals surface area contributed by atoms with E-state index in [-0.39, 0.29) is 6.61 Å². The van der Waals surface area contributed by atoms with Crippen LogP contribution < -0.4 is 0 Å². The highest BCUT2D eigenvalue weighted by atomic mass is 16.5. The average Bonchev–Trinajstić information content (AvgIpc) is 2.59. The first-order valence-electron chi connectivity index (χ1n) is 5.26. The predicted octanol–water partition coefficient (Wildman–Crippen LogP) is 0.317. The Labute approximate surface area is 84.8 Å². The summed E-state index contributed by atoms with van der Waals surface area (Å²) in [6.07, 6.45) is 3.90. The van der Waals surface area contributed by atoms with Crippen molar-refractivity contribution >= 4 is 0 Å². The summed E-state index contributed by atoms with van der Waals surface area (Å²) in [5, 5.41) is 18.3. The van der Waals surface area contributed by atoms with Crippen LogP contribution in [0.1, 0.15) is 25.7 Å². The Balaban J connectivity index is 1.92. The molecule has 0 saturated heterocycles. The van der Waals surface area contributed by atoms with E-state index in [1.165, 1.54) is 0 Å². The number of aliphatic hydroxyl groups excluding tert-OH is 1. The SMILES string of the molecule is OCCOCCOCC1(O)CCCC1. The zero-order valence-corrected chi connectivity index (χ0v) is 8.57. The summed E-state index contributed by atoms with van der Waals surface area (Å²) in [5.41, 5.74) is -0.586. The molecule has 4 nitrogen and oxygen atoms in total. The van der Waals surface area contributed by atoms with E-state index in [2.05, 4.69) is 0 Å². The summed E-state index contributed by atoms with van der Waals surface area (Å²) in [4.78, 5) is 0. The number of ether oxygens (including phenoxy) is 2. The standard InChI is InChI=1S/C10H20O4/c11-5-6-13-7-8-14-9-10(12)3-1-2-4-10/h11-12H,1-9H2. The molecule has 1 rings (SSSR count). The maximum absolute atomic E-state index is 9.89. The minimum Gasteiger partial charge on any atom is -0.394 e. The van der Waals surface area contributed by atoms with E-state index < -0.39 is 5.60 Å². The van der Waals surface area contributed by atoms with E-state index >= 15 is 0 Å². The van der Waals surface area contributed by atoms with Crippen molar-refractivity contribution in [2.24, 2.45) is 0 Å². The summed E-state index contributed by atoms with van der Waals surface area (Å²) in [6.45, 7) is 1.78. The summed E-state index contributed by atoms with van der Waals surface area (Å²) in [7, 11) is 0. The molecule has 14 heavy (non-hydrogen) atoms. The van der Waals surface area contributed by atoms with Crippen molar-refractivity contribution < 1.29 is 19.7 Å². The molecule has 0 amide bonds. The summed E-state index contributed by atoms with van der Waals surface area (Å²) in [5.74, 6) is 0. The molecule has 84 valence electrons. The molecule has 0 bridgehead atoms. The second kappa shape index (κ2) is 6.35. The maximum Gasteiger partial charge on any atom is 0.0880 e. The lowest BCUT2D eigenvalue weighted by molar-refractivity contribution is -0.0555. The number of rotatable bonds is 7. The molecular weight excluding hydrogens is 184 g/mol. The Morgan fingerprint density at radius 3 is 2.29 bits per heavy atom. The molecule has 0 aromatic rings. The van der Waals surface area contributed by atoms with Crippen LogP contribution in [-0.2, 0) is 9.47 Å². The van der Waals surface area contributed by atoms with E-state index in [1.54, 1.807) is 0 Å². The van der Waals surface area contributed by atoms with E-state index in [0.717, 1.165) is 25.7 Å². The first-order chi connectivity index (χ1) is 6.77. The smallest absolute Gasteiger partial charge is 0.0880 e. The van der Waals surface area contributed by atoms with Crippen LogP contribution in [0, 0.1) is 0 Å². The van der Waals surface area contributed by atoms with Gasteiger partial charge in [0.05, 0.1) is 38.6 Å². The van der Waals surface area contributed by atoms with Crippen molar-refractivity contribution in [3.63, 3.8) is 0 Å². The zero-order chi connectivity index (χ0) is 10.3. The molecular formula is C10H20O4. The van der Waals surface area contributed by atoms with Gasteiger partial charge in [0.25, 0.3) is 0 Å². The molecule has 0 radical (unpaired) electrons. The van der Waals surface area contributed by atoms with Crippen LogP contribution in [0.25, 0.3) is 0 Å². The molecule has 0 spiro atoms. The fourth-order valence-corrected chi connectivity index (χ4v) is 1.72. The van der Waals surface area contributed by atoms with E-state index in [9.17, 15) is 5.11 Å². The molecule has 1 saturated carbocycles. The third-order valence-corrected chi connectivity index (χ3v) is 2.51. The molecule has 0 aromatic heterocycles. The van der Waals surface area contributed by atoms with Crippen molar-refractivity contribution in [3.05, 3.63) is 0 Å². The van der Waals surface area contributed by atoms with Gasteiger partial charge in [-0.1, -0.05) is 12.8 Å².